The summed E-state index contributed by atoms with van der Waals surface area (Å²) in [6, 6.07) is 0.410. The van der Waals surface area contributed by atoms with Crippen molar-refractivity contribution in [2.45, 2.75) is 31.3 Å². The molecule has 1 unspecified atom stereocenters. The van der Waals surface area contributed by atoms with Gasteiger partial charge in [-0.3, -0.25) is 9.69 Å². The van der Waals surface area contributed by atoms with Crippen LogP contribution in [0.1, 0.15) is 19.3 Å². The Morgan fingerprint density at radius 1 is 1.42 bits per heavy atom. The molecule has 0 radical (unpaired) electrons. The van der Waals surface area contributed by atoms with Gasteiger partial charge in [0.2, 0.25) is 0 Å². The van der Waals surface area contributed by atoms with E-state index in [1.165, 1.54) is 12.8 Å². The Morgan fingerprint density at radius 2 is 2.16 bits per heavy atom. The Balaban J connectivity index is 1.81. The first-order valence-electron chi connectivity index (χ1n) is 6.55. The lowest BCUT2D eigenvalue weighted by Crippen LogP contribution is -2.47. The smallest absolute Gasteiger partial charge is 0.323 e. The molecule has 2 N–H and O–H groups in total. The normalized spacial score (nSPS) is 22.8. The number of urea groups is 1. The third kappa shape index (κ3) is 3.86. The number of hydrogen-bond donors (Lipinski definition) is 2. The minimum atomic E-state index is -1.06. The third-order valence-electron chi connectivity index (χ3n) is 3.51. The number of nitrogens with one attached hydrogen (secondary N) is 1. The summed E-state index contributed by atoms with van der Waals surface area (Å²) in [5.74, 6) is 1.25. The van der Waals surface area contributed by atoms with Crippen LogP contribution in [-0.4, -0.2) is 65.2 Å². The average molecular weight is 265 g/mol. The average Bonchev–Trinajstić information content (AvgIpc) is 3.09. The van der Waals surface area contributed by atoms with E-state index in [4.69, 9.17) is 11.5 Å². The van der Waals surface area contributed by atoms with Gasteiger partial charge >= 0.3 is 12.0 Å². The van der Waals surface area contributed by atoms with Crippen molar-refractivity contribution in [2.75, 3.05) is 26.2 Å². The lowest BCUT2D eigenvalue weighted by atomic mass is 10.3. The zero-order chi connectivity index (χ0) is 13.8. The number of hydrogen-bond acceptors (Lipinski definition) is 3. The molecule has 1 saturated heterocycles. The van der Waals surface area contributed by atoms with E-state index in [2.05, 4.69) is 16.1 Å². The number of rotatable bonds is 5. The predicted octanol–water partition coefficient (Wildman–Crippen LogP) is -0.0475. The van der Waals surface area contributed by atoms with Crippen molar-refractivity contribution in [1.29, 1.82) is 0 Å². The fourth-order valence-corrected chi connectivity index (χ4v) is 2.42. The first-order chi connectivity index (χ1) is 9.10. The molecule has 0 aromatic heterocycles. The standard InChI is InChI=1S/C13H19N3O3/c1-2-6-16(9-12(17)18)13(19)14-10-5-7-15(8-10)11-3-4-11/h1,10-11H,3-9H2,(H,14,19)(H,17,18). The number of amides is 2. The molecular weight excluding hydrogens is 246 g/mol. The summed E-state index contributed by atoms with van der Waals surface area (Å²) in [4.78, 5) is 26.2. The molecule has 2 amide bonds. The maximum Gasteiger partial charge on any atom is 0.323 e. The van der Waals surface area contributed by atoms with Crippen molar-refractivity contribution in [3.8, 4) is 12.3 Å². The van der Waals surface area contributed by atoms with Gasteiger partial charge in [0.15, 0.2) is 0 Å². The third-order valence-corrected chi connectivity index (χ3v) is 3.51. The number of carboxylic acid groups (broad SMARTS) is 1. The highest BCUT2D eigenvalue weighted by Gasteiger charge is 2.35. The van der Waals surface area contributed by atoms with Crippen molar-refractivity contribution in [3.05, 3.63) is 0 Å². The van der Waals surface area contributed by atoms with E-state index in [0.717, 1.165) is 24.4 Å². The molecule has 1 aliphatic carbocycles. The van der Waals surface area contributed by atoms with Crippen LogP contribution < -0.4 is 5.32 Å². The summed E-state index contributed by atoms with van der Waals surface area (Å²) in [6.07, 6.45) is 8.57. The van der Waals surface area contributed by atoms with E-state index in [0.29, 0.717) is 6.04 Å². The zero-order valence-electron chi connectivity index (χ0n) is 10.8. The van der Waals surface area contributed by atoms with Crippen LogP contribution in [0, 0.1) is 12.3 Å². The number of terminal acetylenes is 1. The van der Waals surface area contributed by atoms with Gasteiger partial charge in [-0.1, -0.05) is 5.92 Å². The van der Waals surface area contributed by atoms with Crippen molar-refractivity contribution in [1.82, 2.24) is 15.1 Å². The summed E-state index contributed by atoms with van der Waals surface area (Å²) in [7, 11) is 0. The van der Waals surface area contributed by atoms with Crippen LogP contribution in [0.15, 0.2) is 0 Å². The van der Waals surface area contributed by atoms with E-state index < -0.39 is 5.97 Å². The Hall–Kier alpha value is -1.74. The van der Waals surface area contributed by atoms with E-state index in [9.17, 15) is 9.59 Å². The van der Waals surface area contributed by atoms with Gasteiger partial charge in [0.05, 0.1) is 6.54 Å². The molecule has 1 atom stereocenters. The summed E-state index contributed by atoms with van der Waals surface area (Å²) < 4.78 is 0. The number of likely N-dealkylation sites (tertiary alicyclic amines) is 1. The van der Waals surface area contributed by atoms with Crippen LogP contribution in [-0.2, 0) is 4.79 Å². The molecule has 1 aliphatic heterocycles. The second kappa shape index (κ2) is 5.93. The molecule has 2 aliphatic rings. The Labute approximate surface area is 112 Å². The molecule has 1 heterocycles. The lowest BCUT2D eigenvalue weighted by Gasteiger charge is -2.22. The first kappa shape index (κ1) is 13.7. The van der Waals surface area contributed by atoms with Crippen molar-refractivity contribution in [3.63, 3.8) is 0 Å². The van der Waals surface area contributed by atoms with E-state index in [1.807, 2.05) is 0 Å². The van der Waals surface area contributed by atoms with E-state index in [1.54, 1.807) is 0 Å². The van der Waals surface area contributed by atoms with Crippen LogP contribution in [0.2, 0.25) is 0 Å². The molecule has 19 heavy (non-hydrogen) atoms. The summed E-state index contributed by atoms with van der Waals surface area (Å²) in [6.45, 7) is 1.50. The van der Waals surface area contributed by atoms with Gasteiger partial charge in [0.25, 0.3) is 0 Å². The Kier molecular flexibility index (Phi) is 4.27. The van der Waals surface area contributed by atoms with Gasteiger partial charge in [-0.25, -0.2) is 4.79 Å². The Bertz CT molecular complexity index is 400. The highest BCUT2D eigenvalue weighted by atomic mass is 16.4. The van der Waals surface area contributed by atoms with Crippen molar-refractivity contribution in [2.24, 2.45) is 0 Å². The highest BCUT2D eigenvalue weighted by molar-refractivity contribution is 5.80. The highest BCUT2D eigenvalue weighted by Crippen LogP contribution is 2.29. The first-order valence-corrected chi connectivity index (χ1v) is 6.55. The number of carbonyl (C=O) groups excluding carboxylic acids is 1. The van der Waals surface area contributed by atoms with E-state index >= 15 is 0 Å². The summed E-state index contributed by atoms with van der Waals surface area (Å²) in [5.41, 5.74) is 0. The molecule has 0 bridgehead atoms. The van der Waals surface area contributed by atoms with Crippen LogP contribution in [0.3, 0.4) is 0 Å². The zero-order valence-corrected chi connectivity index (χ0v) is 10.8. The van der Waals surface area contributed by atoms with Crippen LogP contribution in [0.25, 0.3) is 0 Å². The quantitative estimate of drug-likeness (QED) is 0.684. The number of carboxylic acids is 1. The maximum absolute atomic E-state index is 12.0. The van der Waals surface area contributed by atoms with Crippen LogP contribution >= 0.6 is 0 Å². The summed E-state index contributed by atoms with van der Waals surface area (Å²) >= 11 is 0. The van der Waals surface area contributed by atoms with Gasteiger partial charge in [0.1, 0.15) is 6.54 Å². The minimum absolute atomic E-state index is 0.0111. The lowest BCUT2D eigenvalue weighted by molar-refractivity contribution is -0.137. The molecule has 104 valence electrons. The Morgan fingerprint density at radius 3 is 2.74 bits per heavy atom. The molecule has 1 saturated carbocycles. The van der Waals surface area contributed by atoms with Gasteiger partial charge < -0.3 is 15.3 Å². The van der Waals surface area contributed by atoms with Crippen LogP contribution in [0.4, 0.5) is 4.79 Å². The predicted molar refractivity (Wildman–Crippen MR) is 69.6 cm³/mol. The monoisotopic (exact) mass is 265 g/mol. The molecule has 0 aromatic rings. The molecule has 6 nitrogen and oxygen atoms in total. The number of carbonyl (C=O) groups is 2. The molecule has 0 spiro atoms. The second-order valence-corrected chi connectivity index (χ2v) is 5.12. The molecule has 6 heteroatoms. The maximum atomic E-state index is 12.0. The van der Waals surface area contributed by atoms with Crippen molar-refractivity contribution >= 4 is 12.0 Å². The minimum Gasteiger partial charge on any atom is -0.480 e. The SMILES string of the molecule is C#CCN(CC(=O)O)C(=O)NC1CCN(C2CC2)C1. The van der Waals surface area contributed by atoms with E-state index in [-0.39, 0.29) is 25.2 Å². The number of aliphatic carboxylic acids is 1. The van der Waals surface area contributed by atoms with Crippen LogP contribution in [0.5, 0.6) is 0 Å². The van der Waals surface area contributed by atoms with Crippen molar-refractivity contribution < 1.29 is 14.7 Å². The fraction of sp³-hybridized carbons (Fsp3) is 0.692. The van der Waals surface area contributed by atoms with Gasteiger partial charge in [-0.15, -0.1) is 6.42 Å². The van der Waals surface area contributed by atoms with Gasteiger partial charge in [-0.05, 0) is 19.3 Å². The summed E-state index contributed by atoms with van der Waals surface area (Å²) in [5, 5.41) is 11.6. The molecule has 0 aromatic carbocycles. The molecule has 2 rings (SSSR count). The largest absolute Gasteiger partial charge is 0.480 e. The second-order valence-electron chi connectivity index (χ2n) is 5.12. The molecule has 2 fully saturated rings. The number of nitrogens with zero attached hydrogens (tertiary/aromatic N) is 2. The fourth-order valence-electron chi connectivity index (χ4n) is 2.42. The van der Waals surface area contributed by atoms with Gasteiger partial charge in [0, 0.05) is 25.2 Å². The topological polar surface area (TPSA) is 72.9 Å². The van der Waals surface area contributed by atoms with Gasteiger partial charge in [-0.2, -0.15) is 0 Å². The molecular formula is C13H19N3O3.